The van der Waals surface area contributed by atoms with Crippen LogP contribution in [0.5, 0.6) is 0 Å². The first kappa shape index (κ1) is 11.1. The number of hydrogen-bond acceptors (Lipinski definition) is 2. The number of halogens is 2. The Kier molecular flexibility index (Phi) is 2.92. The molecule has 0 amide bonds. The molecule has 0 aliphatic rings. The van der Waals surface area contributed by atoms with Crippen LogP contribution in [0, 0.1) is 5.82 Å². The highest BCUT2D eigenvalue weighted by atomic mass is 35.5. The fraction of sp³-hybridized carbons (Fsp3) is 0.273. The van der Waals surface area contributed by atoms with Gasteiger partial charge in [-0.1, -0.05) is 18.5 Å². The van der Waals surface area contributed by atoms with Crippen LogP contribution in [-0.2, 0) is 13.5 Å². The van der Waals surface area contributed by atoms with E-state index in [9.17, 15) is 4.39 Å². The highest BCUT2D eigenvalue weighted by molar-refractivity contribution is 6.29. The van der Waals surface area contributed by atoms with E-state index in [1.165, 1.54) is 6.20 Å². The molecule has 0 unspecified atom stereocenters. The van der Waals surface area contributed by atoms with Gasteiger partial charge in [-0.25, -0.2) is 9.37 Å². The zero-order valence-electron chi connectivity index (χ0n) is 9.04. The van der Waals surface area contributed by atoms with Crippen LogP contribution in [0.2, 0.25) is 5.15 Å². The van der Waals surface area contributed by atoms with Crippen molar-refractivity contribution in [3.8, 4) is 11.3 Å². The molecule has 16 heavy (non-hydrogen) atoms. The summed E-state index contributed by atoms with van der Waals surface area (Å²) >= 11 is 5.65. The summed E-state index contributed by atoms with van der Waals surface area (Å²) in [6.07, 6.45) is 4.15. The van der Waals surface area contributed by atoms with E-state index in [-0.39, 0.29) is 5.15 Å². The number of aromatic nitrogens is 3. The first-order chi connectivity index (χ1) is 7.63. The summed E-state index contributed by atoms with van der Waals surface area (Å²) in [5.41, 5.74) is 2.02. The van der Waals surface area contributed by atoms with Gasteiger partial charge in [0, 0.05) is 25.0 Å². The molecule has 0 spiro atoms. The molecule has 0 N–H and O–H groups in total. The monoisotopic (exact) mass is 239 g/mol. The van der Waals surface area contributed by atoms with Gasteiger partial charge in [-0.05, 0) is 18.1 Å². The third-order valence-corrected chi connectivity index (χ3v) is 2.65. The molecule has 0 saturated carbocycles. The van der Waals surface area contributed by atoms with E-state index in [2.05, 4.69) is 10.1 Å². The van der Waals surface area contributed by atoms with Gasteiger partial charge in [-0.3, -0.25) is 4.68 Å². The van der Waals surface area contributed by atoms with Crippen molar-refractivity contribution in [3.05, 3.63) is 35.0 Å². The number of hydrogen-bond donors (Lipinski definition) is 0. The lowest BCUT2D eigenvalue weighted by molar-refractivity contribution is 0.624. The van der Waals surface area contributed by atoms with Crippen LogP contribution in [0.15, 0.2) is 18.5 Å². The summed E-state index contributed by atoms with van der Waals surface area (Å²) in [4.78, 5) is 3.68. The van der Waals surface area contributed by atoms with Crippen molar-refractivity contribution in [1.82, 2.24) is 14.8 Å². The van der Waals surface area contributed by atoms with Gasteiger partial charge in [0.25, 0.3) is 0 Å². The molecular formula is C11H11ClFN3. The molecule has 2 aromatic rings. The second-order valence-electron chi connectivity index (χ2n) is 3.49. The van der Waals surface area contributed by atoms with Crippen LogP contribution < -0.4 is 0 Å². The Labute approximate surface area is 97.9 Å². The summed E-state index contributed by atoms with van der Waals surface area (Å²) in [6.45, 7) is 2.00. The number of aryl methyl sites for hydroxylation is 2. The van der Waals surface area contributed by atoms with E-state index in [4.69, 9.17) is 11.6 Å². The van der Waals surface area contributed by atoms with Crippen molar-refractivity contribution >= 4 is 11.6 Å². The van der Waals surface area contributed by atoms with E-state index in [0.717, 1.165) is 12.0 Å². The first-order valence-electron chi connectivity index (χ1n) is 4.96. The lowest BCUT2D eigenvalue weighted by atomic mass is 10.1. The average molecular weight is 240 g/mol. The van der Waals surface area contributed by atoms with Crippen LogP contribution in [0.25, 0.3) is 11.3 Å². The second-order valence-corrected chi connectivity index (χ2v) is 3.85. The zero-order valence-corrected chi connectivity index (χ0v) is 9.79. The molecule has 3 nitrogen and oxygen atoms in total. The Morgan fingerprint density at radius 3 is 2.94 bits per heavy atom. The third kappa shape index (κ3) is 1.80. The van der Waals surface area contributed by atoms with Crippen LogP contribution in [-0.4, -0.2) is 14.8 Å². The molecule has 0 radical (unpaired) electrons. The molecule has 84 valence electrons. The van der Waals surface area contributed by atoms with E-state index >= 15 is 0 Å². The second kappa shape index (κ2) is 4.22. The molecule has 0 fully saturated rings. The van der Waals surface area contributed by atoms with Crippen molar-refractivity contribution < 1.29 is 4.39 Å². The van der Waals surface area contributed by atoms with Gasteiger partial charge >= 0.3 is 0 Å². The maximum absolute atomic E-state index is 13.8. The van der Waals surface area contributed by atoms with Crippen molar-refractivity contribution in [2.75, 3.05) is 0 Å². The fourth-order valence-corrected chi connectivity index (χ4v) is 1.78. The van der Waals surface area contributed by atoms with Crippen LogP contribution in [0.4, 0.5) is 4.39 Å². The molecule has 0 bridgehead atoms. The number of rotatable bonds is 2. The molecule has 2 aromatic heterocycles. The topological polar surface area (TPSA) is 30.7 Å². The standard InChI is InChI=1S/C11H11ClFN3/c1-3-7-6-16(2)15-10(7)8-4-5-14-11(12)9(8)13/h4-6H,3H2,1-2H3. The minimum Gasteiger partial charge on any atom is -0.275 e. The summed E-state index contributed by atoms with van der Waals surface area (Å²) in [6, 6.07) is 1.59. The molecule has 0 aromatic carbocycles. The van der Waals surface area contributed by atoms with Gasteiger partial charge in [-0.2, -0.15) is 5.10 Å². The van der Waals surface area contributed by atoms with Crippen molar-refractivity contribution in [3.63, 3.8) is 0 Å². The minimum absolute atomic E-state index is 0.120. The lowest BCUT2D eigenvalue weighted by Gasteiger charge is -2.02. The van der Waals surface area contributed by atoms with Crippen LogP contribution in [0.1, 0.15) is 12.5 Å². The molecule has 5 heteroatoms. The van der Waals surface area contributed by atoms with Gasteiger partial charge in [0.15, 0.2) is 11.0 Å². The van der Waals surface area contributed by atoms with Gasteiger partial charge in [-0.15, -0.1) is 0 Å². The molecule has 0 saturated heterocycles. The quantitative estimate of drug-likeness (QED) is 0.755. The van der Waals surface area contributed by atoms with Gasteiger partial charge < -0.3 is 0 Å². The predicted molar refractivity (Wildman–Crippen MR) is 60.8 cm³/mol. The summed E-state index contributed by atoms with van der Waals surface area (Å²) < 4.78 is 15.4. The van der Waals surface area contributed by atoms with E-state index < -0.39 is 5.82 Å². The van der Waals surface area contributed by atoms with Crippen molar-refractivity contribution in [1.29, 1.82) is 0 Å². The van der Waals surface area contributed by atoms with Crippen LogP contribution >= 0.6 is 11.6 Å². The average Bonchev–Trinajstić information content (AvgIpc) is 2.63. The largest absolute Gasteiger partial charge is 0.275 e. The Balaban J connectivity index is 2.62. The summed E-state index contributed by atoms with van der Waals surface area (Å²) in [7, 11) is 1.81. The number of pyridine rings is 1. The zero-order chi connectivity index (χ0) is 11.7. The molecule has 2 heterocycles. The maximum atomic E-state index is 13.8. The predicted octanol–water partition coefficient (Wildman–Crippen LogP) is 2.84. The molecule has 2 rings (SSSR count). The SMILES string of the molecule is CCc1cn(C)nc1-c1ccnc(Cl)c1F. The van der Waals surface area contributed by atoms with Gasteiger partial charge in [0.1, 0.15) is 0 Å². The first-order valence-corrected chi connectivity index (χ1v) is 5.34. The van der Waals surface area contributed by atoms with Crippen LogP contribution in [0.3, 0.4) is 0 Å². The molecule has 0 atom stereocenters. The molecule has 0 aliphatic heterocycles. The Morgan fingerprint density at radius 2 is 2.25 bits per heavy atom. The molecule has 0 aliphatic carbocycles. The van der Waals surface area contributed by atoms with Gasteiger partial charge in [0.2, 0.25) is 0 Å². The molecular weight excluding hydrogens is 229 g/mol. The van der Waals surface area contributed by atoms with E-state index in [1.54, 1.807) is 10.7 Å². The Morgan fingerprint density at radius 1 is 1.50 bits per heavy atom. The number of nitrogens with zero attached hydrogens (tertiary/aromatic N) is 3. The smallest absolute Gasteiger partial charge is 0.169 e. The minimum atomic E-state index is -0.516. The fourth-order valence-electron chi connectivity index (χ4n) is 1.62. The summed E-state index contributed by atoms with van der Waals surface area (Å²) in [5.74, 6) is -0.516. The summed E-state index contributed by atoms with van der Waals surface area (Å²) in [5, 5.41) is 4.12. The lowest BCUT2D eigenvalue weighted by Crippen LogP contribution is -1.93. The Hall–Kier alpha value is -1.42. The third-order valence-electron chi connectivity index (χ3n) is 2.39. The van der Waals surface area contributed by atoms with Gasteiger partial charge in [0.05, 0.1) is 5.69 Å². The highest BCUT2D eigenvalue weighted by Crippen LogP contribution is 2.27. The normalized spacial score (nSPS) is 10.8. The van der Waals surface area contributed by atoms with Crippen molar-refractivity contribution in [2.24, 2.45) is 7.05 Å². The Bertz CT molecular complexity index is 522. The van der Waals surface area contributed by atoms with E-state index in [0.29, 0.717) is 11.3 Å². The van der Waals surface area contributed by atoms with E-state index in [1.807, 2.05) is 20.2 Å². The highest BCUT2D eigenvalue weighted by Gasteiger charge is 2.15. The maximum Gasteiger partial charge on any atom is 0.169 e. The van der Waals surface area contributed by atoms with Crippen molar-refractivity contribution in [2.45, 2.75) is 13.3 Å².